The van der Waals surface area contributed by atoms with Gasteiger partial charge in [-0.1, -0.05) is 0 Å². The van der Waals surface area contributed by atoms with E-state index < -0.39 is 0 Å². The van der Waals surface area contributed by atoms with Gasteiger partial charge in [-0.2, -0.15) is 0 Å². The minimum atomic E-state index is 0.137. The molecule has 92 valence electrons. The predicted octanol–water partition coefficient (Wildman–Crippen LogP) is 1.14. The molecule has 0 spiro atoms. The fraction of sp³-hybridized carbons (Fsp3) is 0.385. The van der Waals surface area contributed by atoms with Crippen molar-refractivity contribution in [3.8, 4) is 5.75 Å². The number of aromatic nitrogens is 1. The minimum Gasteiger partial charge on any atom is -0.497 e. The summed E-state index contributed by atoms with van der Waals surface area (Å²) in [6, 6.07) is 5.97. The van der Waals surface area contributed by atoms with E-state index in [1.54, 1.807) is 7.11 Å². The molecule has 0 radical (unpaired) electrons. The second kappa shape index (κ2) is 5.21. The average molecular weight is 234 g/mol. The van der Waals surface area contributed by atoms with E-state index in [1.807, 2.05) is 18.2 Å². The van der Waals surface area contributed by atoms with Crippen molar-refractivity contribution in [3.05, 3.63) is 30.0 Å². The minimum absolute atomic E-state index is 0.137. The summed E-state index contributed by atoms with van der Waals surface area (Å²) >= 11 is 0. The summed E-state index contributed by atoms with van der Waals surface area (Å²) in [4.78, 5) is 0. The first-order valence-electron chi connectivity index (χ1n) is 5.77. The van der Waals surface area contributed by atoms with Gasteiger partial charge in [-0.25, -0.2) is 0 Å². The first-order chi connectivity index (χ1) is 8.30. The Hall–Kier alpha value is -1.52. The molecule has 4 heteroatoms. The van der Waals surface area contributed by atoms with Crippen LogP contribution in [0.4, 0.5) is 0 Å². The molecular weight excluding hydrogens is 216 g/mol. The van der Waals surface area contributed by atoms with Gasteiger partial charge < -0.3 is 20.1 Å². The molecule has 0 saturated heterocycles. The van der Waals surface area contributed by atoms with Crippen LogP contribution in [-0.4, -0.2) is 29.9 Å². The Morgan fingerprint density at radius 1 is 1.41 bits per heavy atom. The molecule has 0 amide bonds. The van der Waals surface area contributed by atoms with E-state index in [9.17, 15) is 0 Å². The lowest BCUT2D eigenvalue weighted by Crippen LogP contribution is -2.02. The number of benzene rings is 1. The third-order valence-corrected chi connectivity index (χ3v) is 2.93. The molecule has 0 unspecified atom stereocenters. The van der Waals surface area contributed by atoms with Gasteiger partial charge in [0.25, 0.3) is 0 Å². The molecule has 4 nitrogen and oxygen atoms in total. The van der Waals surface area contributed by atoms with Crippen molar-refractivity contribution in [2.24, 2.45) is 5.73 Å². The molecule has 2 aromatic rings. The van der Waals surface area contributed by atoms with Gasteiger partial charge in [-0.05, 0) is 36.7 Å². The molecule has 0 aliphatic carbocycles. The second-order valence-corrected chi connectivity index (χ2v) is 3.99. The molecule has 0 atom stereocenters. The fourth-order valence-electron chi connectivity index (χ4n) is 2.12. The summed E-state index contributed by atoms with van der Waals surface area (Å²) < 4.78 is 7.29. The normalized spacial score (nSPS) is 11.0. The number of fused-ring (bicyclic) bond motifs is 1. The summed E-state index contributed by atoms with van der Waals surface area (Å²) in [5.74, 6) is 0.845. The fourth-order valence-corrected chi connectivity index (χ4v) is 2.12. The van der Waals surface area contributed by atoms with E-state index >= 15 is 0 Å². The number of ether oxygens (including phenoxy) is 1. The van der Waals surface area contributed by atoms with Crippen molar-refractivity contribution >= 4 is 10.9 Å². The van der Waals surface area contributed by atoms with Crippen LogP contribution in [0.1, 0.15) is 5.56 Å². The first kappa shape index (κ1) is 12.0. The zero-order chi connectivity index (χ0) is 12.3. The van der Waals surface area contributed by atoms with Gasteiger partial charge in [-0.3, -0.25) is 0 Å². The lowest BCUT2D eigenvalue weighted by molar-refractivity contribution is 0.278. The van der Waals surface area contributed by atoms with Crippen LogP contribution in [0.15, 0.2) is 24.4 Å². The van der Waals surface area contributed by atoms with Gasteiger partial charge in [-0.15, -0.1) is 0 Å². The maximum absolute atomic E-state index is 9.05. The van der Waals surface area contributed by atoms with E-state index in [1.165, 1.54) is 5.56 Å². The van der Waals surface area contributed by atoms with Gasteiger partial charge in [0.1, 0.15) is 5.75 Å². The van der Waals surface area contributed by atoms with Gasteiger partial charge >= 0.3 is 0 Å². The molecule has 1 aromatic heterocycles. The van der Waals surface area contributed by atoms with Crippen molar-refractivity contribution in [2.45, 2.75) is 13.0 Å². The Bertz CT molecular complexity index is 505. The predicted molar refractivity (Wildman–Crippen MR) is 68.3 cm³/mol. The molecule has 0 aliphatic heterocycles. The molecule has 3 N–H and O–H groups in total. The number of rotatable bonds is 5. The molecule has 0 fully saturated rings. The van der Waals surface area contributed by atoms with Crippen LogP contribution in [0.2, 0.25) is 0 Å². The van der Waals surface area contributed by atoms with Crippen LogP contribution >= 0.6 is 0 Å². The molecular formula is C13H18N2O2. The smallest absolute Gasteiger partial charge is 0.119 e. The van der Waals surface area contributed by atoms with Crippen LogP contribution in [0.5, 0.6) is 5.75 Å². The van der Waals surface area contributed by atoms with Crippen molar-refractivity contribution in [1.29, 1.82) is 0 Å². The number of nitrogens with two attached hydrogens (primary N) is 1. The average Bonchev–Trinajstić information content (AvgIpc) is 2.68. The van der Waals surface area contributed by atoms with E-state index in [-0.39, 0.29) is 6.61 Å². The number of nitrogens with zero attached hydrogens (tertiary/aromatic N) is 1. The molecule has 0 aliphatic rings. The highest BCUT2D eigenvalue weighted by molar-refractivity contribution is 5.85. The van der Waals surface area contributed by atoms with Crippen LogP contribution in [0.25, 0.3) is 10.9 Å². The van der Waals surface area contributed by atoms with E-state index in [0.717, 1.165) is 23.1 Å². The zero-order valence-electron chi connectivity index (χ0n) is 10.0. The molecule has 1 heterocycles. The highest BCUT2D eigenvalue weighted by Crippen LogP contribution is 2.26. The lowest BCUT2D eigenvalue weighted by atomic mass is 10.1. The largest absolute Gasteiger partial charge is 0.497 e. The van der Waals surface area contributed by atoms with Crippen LogP contribution in [0, 0.1) is 0 Å². The van der Waals surface area contributed by atoms with Crippen molar-refractivity contribution < 1.29 is 9.84 Å². The highest BCUT2D eigenvalue weighted by Gasteiger charge is 2.08. The molecule has 0 bridgehead atoms. The third-order valence-electron chi connectivity index (χ3n) is 2.93. The monoisotopic (exact) mass is 234 g/mol. The Morgan fingerprint density at radius 3 is 2.88 bits per heavy atom. The standard InChI is InChI=1S/C13H18N2O2/c1-17-11-2-3-13-12(8-11)10(4-5-14)9-15(13)6-7-16/h2-3,8-9,16H,4-7,14H2,1H3. The van der Waals surface area contributed by atoms with Gasteiger partial charge in [0.15, 0.2) is 0 Å². The molecule has 17 heavy (non-hydrogen) atoms. The number of methoxy groups -OCH3 is 1. The Morgan fingerprint density at radius 2 is 2.24 bits per heavy atom. The van der Waals surface area contributed by atoms with Gasteiger partial charge in [0, 0.05) is 23.6 Å². The molecule has 0 saturated carbocycles. The highest BCUT2D eigenvalue weighted by atomic mass is 16.5. The Kier molecular flexibility index (Phi) is 3.66. The summed E-state index contributed by atoms with van der Waals surface area (Å²) in [6.45, 7) is 1.36. The lowest BCUT2D eigenvalue weighted by Gasteiger charge is -2.03. The van der Waals surface area contributed by atoms with Crippen molar-refractivity contribution in [2.75, 3.05) is 20.3 Å². The number of hydrogen-bond acceptors (Lipinski definition) is 3. The third kappa shape index (κ3) is 2.28. The van der Waals surface area contributed by atoms with E-state index in [0.29, 0.717) is 13.1 Å². The SMILES string of the molecule is COc1ccc2c(c1)c(CCN)cn2CCO. The molecule has 2 rings (SSSR count). The summed E-state index contributed by atoms with van der Waals surface area (Å²) in [5.41, 5.74) is 7.93. The summed E-state index contributed by atoms with van der Waals surface area (Å²) in [6.07, 6.45) is 2.90. The quantitative estimate of drug-likeness (QED) is 0.815. The topological polar surface area (TPSA) is 60.4 Å². The summed E-state index contributed by atoms with van der Waals surface area (Å²) in [7, 11) is 1.66. The van der Waals surface area contributed by atoms with E-state index in [4.69, 9.17) is 15.6 Å². The van der Waals surface area contributed by atoms with Crippen molar-refractivity contribution in [1.82, 2.24) is 4.57 Å². The Balaban J connectivity index is 2.54. The zero-order valence-corrected chi connectivity index (χ0v) is 10.0. The first-order valence-corrected chi connectivity index (χ1v) is 5.77. The van der Waals surface area contributed by atoms with Gasteiger partial charge in [0.2, 0.25) is 0 Å². The number of aliphatic hydroxyl groups is 1. The summed E-state index contributed by atoms with van der Waals surface area (Å²) in [5, 5.41) is 10.2. The maximum Gasteiger partial charge on any atom is 0.119 e. The number of hydrogen-bond donors (Lipinski definition) is 2. The maximum atomic E-state index is 9.05. The van der Waals surface area contributed by atoms with Crippen LogP contribution in [-0.2, 0) is 13.0 Å². The molecule has 1 aromatic carbocycles. The number of aliphatic hydroxyl groups excluding tert-OH is 1. The Labute approximate surface area is 101 Å². The van der Waals surface area contributed by atoms with E-state index in [2.05, 4.69) is 10.8 Å². The van der Waals surface area contributed by atoms with Crippen LogP contribution in [0.3, 0.4) is 0 Å². The van der Waals surface area contributed by atoms with Crippen molar-refractivity contribution in [3.63, 3.8) is 0 Å². The second-order valence-electron chi connectivity index (χ2n) is 3.99. The van der Waals surface area contributed by atoms with Crippen LogP contribution < -0.4 is 10.5 Å². The van der Waals surface area contributed by atoms with Gasteiger partial charge in [0.05, 0.1) is 13.7 Å².